The zero-order valence-electron chi connectivity index (χ0n) is 16.5. The molecular formula is C22H30FN3O2. The summed E-state index contributed by atoms with van der Waals surface area (Å²) in [6.07, 6.45) is 6.66. The third kappa shape index (κ3) is 3.15. The van der Waals surface area contributed by atoms with Gasteiger partial charge >= 0.3 is 0 Å². The maximum absolute atomic E-state index is 14.2. The fourth-order valence-corrected chi connectivity index (χ4v) is 5.85. The van der Waals surface area contributed by atoms with Crippen molar-refractivity contribution in [2.24, 2.45) is 0 Å². The third-order valence-corrected chi connectivity index (χ3v) is 7.23. The first kappa shape index (κ1) is 18.5. The number of carbonyl (C=O) groups is 1. The molecule has 1 aromatic rings. The fraction of sp³-hybridized carbons (Fsp3) is 0.682. The number of carbonyl (C=O) groups excluding carboxylic acids is 1. The number of fused-ring (bicyclic) bond motifs is 2. The fourth-order valence-electron chi connectivity index (χ4n) is 5.85. The molecule has 3 heterocycles. The molecule has 3 saturated heterocycles. The molecule has 0 bridgehead atoms. The molecule has 6 heteroatoms. The van der Waals surface area contributed by atoms with Crippen molar-refractivity contribution >= 4 is 5.91 Å². The summed E-state index contributed by atoms with van der Waals surface area (Å²) in [5.41, 5.74) is 0.191. The Bertz CT molecular complexity index is 730. The van der Waals surface area contributed by atoms with Gasteiger partial charge in [0.05, 0.1) is 30.4 Å². The average Bonchev–Trinajstić information content (AvgIpc) is 2.71. The highest BCUT2D eigenvalue weighted by Crippen LogP contribution is 2.39. The highest BCUT2D eigenvalue weighted by Gasteiger charge is 2.56. The molecule has 28 heavy (non-hydrogen) atoms. The van der Waals surface area contributed by atoms with Crippen LogP contribution in [0.3, 0.4) is 0 Å². The standard InChI is InChI=1S/C22H30FN3O2/c23-20-9-5-4-8-19(20)21(27)24-12-18-13-28-11-10-26(18)22(14-24)15-25(16-22)17-6-2-1-3-7-17/h4-5,8-9,17-18H,1-3,6-7,10-16H2/t18-/m1/s1. The quantitative estimate of drug-likeness (QED) is 0.781. The minimum atomic E-state index is -0.429. The smallest absolute Gasteiger partial charge is 0.256 e. The first-order valence-corrected chi connectivity index (χ1v) is 10.8. The largest absolute Gasteiger partial charge is 0.378 e. The molecule has 0 radical (unpaired) electrons. The van der Waals surface area contributed by atoms with Gasteiger partial charge in [-0.2, -0.15) is 0 Å². The SMILES string of the molecule is O=C(c1ccccc1F)N1C[C@@H]2COCCN2C2(C1)CN(C1CCCCC1)C2. The molecule has 0 aromatic heterocycles. The second kappa shape index (κ2) is 7.39. The minimum Gasteiger partial charge on any atom is -0.378 e. The number of benzene rings is 1. The second-order valence-electron chi connectivity index (χ2n) is 9.01. The van der Waals surface area contributed by atoms with E-state index in [2.05, 4.69) is 9.80 Å². The maximum Gasteiger partial charge on any atom is 0.256 e. The van der Waals surface area contributed by atoms with Gasteiger partial charge in [0, 0.05) is 38.8 Å². The number of piperazine rings is 1. The van der Waals surface area contributed by atoms with E-state index in [1.54, 1.807) is 18.2 Å². The van der Waals surface area contributed by atoms with Crippen molar-refractivity contribution < 1.29 is 13.9 Å². The van der Waals surface area contributed by atoms with Gasteiger partial charge in [-0.15, -0.1) is 0 Å². The van der Waals surface area contributed by atoms with E-state index in [1.165, 1.54) is 38.2 Å². The van der Waals surface area contributed by atoms with Crippen LogP contribution < -0.4 is 0 Å². The third-order valence-electron chi connectivity index (χ3n) is 7.23. The number of rotatable bonds is 2. The van der Waals surface area contributed by atoms with Gasteiger partial charge in [0.2, 0.25) is 0 Å². The predicted octanol–water partition coefficient (Wildman–Crippen LogP) is 2.37. The molecule has 1 atom stereocenters. The van der Waals surface area contributed by atoms with Crippen molar-refractivity contribution in [1.29, 1.82) is 0 Å². The number of morpholine rings is 1. The Kier molecular flexibility index (Phi) is 4.89. The van der Waals surface area contributed by atoms with Gasteiger partial charge in [-0.1, -0.05) is 31.4 Å². The number of amides is 1. The molecule has 152 valence electrons. The van der Waals surface area contributed by atoms with Crippen molar-refractivity contribution in [1.82, 2.24) is 14.7 Å². The zero-order chi connectivity index (χ0) is 19.1. The Balaban J connectivity index is 1.36. The van der Waals surface area contributed by atoms with Gasteiger partial charge in [-0.3, -0.25) is 14.6 Å². The Labute approximate surface area is 166 Å². The lowest BCUT2D eigenvalue weighted by Gasteiger charge is -2.64. The van der Waals surface area contributed by atoms with Crippen LogP contribution >= 0.6 is 0 Å². The van der Waals surface area contributed by atoms with Crippen LogP contribution in [0.15, 0.2) is 24.3 Å². The summed E-state index contributed by atoms with van der Waals surface area (Å²) in [4.78, 5) is 20.2. The molecule has 1 spiro atoms. The van der Waals surface area contributed by atoms with Gasteiger partial charge in [0.1, 0.15) is 5.82 Å². The zero-order valence-corrected chi connectivity index (χ0v) is 16.5. The molecule has 4 fully saturated rings. The van der Waals surface area contributed by atoms with Crippen LogP contribution in [-0.4, -0.2) is 84.2 Å². The average molecular weight is 387 g/mol. The molecule has 3 aliphatic heterocycles. The second-order valence-corrected chi connectivity index (χ2v) is 9.01. The Morgan fingerprint density at radius 3 is 2.64 bits per heavy atom. The first-order chi connectivity index (χ1) is 13.7. The van der Waals surface area contributed by atoms with Crippen LogP contribution in [0.5, 0.6) is 0 Å². The number of likely N-dealkylation sites (tertiary alicyclic amines) is 1. The summed E-state index contributed by atoms with van der Waals surface area (Å²) in [5, 5.41) is 0. The van der Waals surface area contributed by atoms with Crippen LogP contribution in [0, 0.1) is 5.82 Å². The predicted molar refractivity (Wildman–Crippen MR) is 105 cm³/mol. The number of hydrogen-bond donors (Lipinski definition) is 0. The van der Waals surface area contributed by atoms with E-state index >= 15 is 0 Å². The van der Waals surface area contributed by atoms with E-state index in [1.807, 2.05) is 4.90 Å². The summed E-state index contributed by atoms with van der Waals surface area (Å²) in [6, 6.07) is 7.26. The normalized spacial score (nSPS) is 28.8. The van der Waals surface area contributed by atoms with Gasteiger partial charge in [-0.05, 0) is 25.0 Å². The monoisotopic (exact) mass is 387 g/mol. The molecule has 5 rings (SSSR count). The van der Waals surface area contributed by atoms with Gasteiger partial charge < -0.3 is 9.64 Å². The van der Waals surface area contributed by atoms with E-state index < -0.39 is 5.82 Å². The summed E-state index contributed by atoms with van der Waals surface area (Å²) < 4.78 is 20.0. The van der Waals surface area contributed by atoms with Gasteiger partial charge in [0.25, 0.3) is 5.91 Å². The lowest BCUT2D eigenvalue weighted by Crippen LogP contribution is -2.81. The van der Waals surface area contributed by atoms with Crippen molar-refractivity contribution in [3.63, 3.8) is 0 Å². The van der Waals surface area contributed by atoms with E-state index in [0.29, 0.717) is 25.7 Å². The van der Waals surface area contributed by atoms with Crippen molar-refractivity contribution in [2.45, 2.75) is 49.7 Å². The van der Waals surface area contributed by atoms with E-state index in [4.69, 9.17) is 4.74 Å². The van der Waals surface area contributed by atoms with E-state index in [9.17, 15) is 9.18 Å². The number of nitrogens with zero attached hydrogens (tertiary/aromatic N) is 3. The maximum atomic E-state index is 14.2. The summed E-state index contributed by atoms with van der Waals surface area (Å²) >= 11 is 0. The van der Waals surface area contributed by atoms with Crippen LogP contribution in [0.1, 0.15) is 42.5 Å². The number of halogens is 1. The topological polar surface area (TPSA) is 36.0 Å². The highest BCUT2D eigenvalue weighted by molar-refractivity contribution is 5.94. The Morgan fingerprint density at radius 1 is 1.07 bits per heavy atom. The number of ether oxygens (including phenoxy) is 1. The minimum absolute atomic E-state index is 0.00502. The number of hydrogen-bond acceptors (Lipinski definition) is 4. The van der Waals surface area contributed by atoms with Crippen LogP contribution in [0.4, 0.5) is 4.39 Å². The molecule has 5 nitrogen and oxygen atoms in total. The molecule has 1 amide bonds. The van der Waals surface area contributed by atoms with Crippen LogP contribution in [0.25, 0.3) is 0 Å². The van der Waals surface area contributed by atoms with Crippen molar-refractivity contribution in [3.05, 3.63) is 35.6 Å². The lowest BCUT2D eigenvalue weighted by atomic mass is 9.79. The summed E-state index contributed by atoms with van der Waals surface area (Å²) in [7, 11) is 0. The molecule has 4 aliphatic rings. The van der Waals surface area contributed by atoms with Crippen LogP contribution in [0.2, 0.25) is 0 Å². The molecule has 0 N–H and O–H groups in total. The summed E-state index contributed by atoms with van der Waals surface area (Å²) in [5.74, 6) is -0.611. The van der Waals surface area contributed by atoms with Crippen molar-refractivity contribution in [2.75, 3.05) is 45.9 Å². The van der Waals surface area contributed by atoms with Crippen LogP contribution in [-0.2, 0) is 4.74 Å². The molecule has 1 aromatic carbocycles. The molecule has 1 saturated carbocycles. The van der Waals surface area contributed by atoms with E-state index in [-0.39, 0.29) is 23.1 Å². The molecule has 0 unspecified atom stereocenters. The van der Waals surface area contributed by atoms with Gasteiger partial charge in [0.15, 0.2) is 0 Å². The molecular weight excluding hydrogens is 357 g/mol. The highest BCUT2D eigenvalue weighted by atomic mass is 19.1. The summed E-state index contributed by atoms with van der Waals surface area (Å²) in [6.45, 7) is 5.72. The van der Waals surface area contributed by atoms with E-state index in [0.717, 1.165) is 26.2 Å². The van der Waals surface area contributed by atoms with Crippen molar-refractivity contribution in [3.8, 4) is 0 Å². The lowest BCUT2D eigenvalue weighted by molar-refractivity contribution is -0.168. The van der Waals surface area contributed by atoms with Gasteiger partial charge in [-0.25, -0.2) is 4.39 Å². The first-order valence-electron chi connectivity index (χ1n) is 10.8. The Hall–Kier alpha value is -1.50. The Morgan fingerprint density at radius 2 is 1.86 bits per heavy atom. The molecule has 1 aliphatic carbocycles.